The van der Waals surface area contributed by atoms with Crippen LogP contribution in [0.25, 0.3) is 0 Å². The predicted octanol–water partition coefficient (Wildman–Crippen LogP) is 3.19. The minimum Gasteiger partial charge on any atom is -0.391 e. The van der Waals surface area contributed by atoms with Crippen LogP contribution in [0.4, 0.5) is 17.6 Å². The average molecular weight is 354 g/mol. The Morgan fingerprint density at radius 2 is 2.00 bits per heavy atom. The summed E-state index contributed by atoms with van der Waals surface area (Å²) in [5, 5.41) is 9.91. The fourth-order valence-electron chi connectivity index (χ4n) is 2.97. The second-order valence-electron chi connectivity index (χ2n) is 5.88. The molecule has 1 amide bonds. The van der Waals surface area contributed by atoms with Crippen molar-refractivity contribution in [2.24, 2.45) is 0 Å². The van der Waals surface area contributed by atoms with Gasteiger partial charge in [0, 0.05) is 12.7 Å². The summed E-state index contributed by atoms with van der Waals surface area (Å²) < 4.78 is 52.0. The SMILES string of the molecule is O=C(c1cncc(F)c1)N1C[C@@H](O)C[C@H]1c1cccc(C(F)(F)F)c1. The molecule has 8 heteroatoms. The van der Waals surface area contributed by atoms with Gasteiger partial charge in [-0.25, -0.2) is 4.39 Å². The number of carbonyl (C=O) groups is 1. The van der Waals surface area contributed by atoms with Crippen molar-refractivity contribution in [2.75, 3.05) is 6.54 Å². The fourth-order valence-corrected chi connectivity index (χ4v) is 2.97. The van der Waals surface area contributed by atoms with Crippen LogP contribution in [0.1, 0.15) is 33.9 Å². The van der Waals surface area contributed by atoms with Crippen LogP contribution in [0.5, 0.6) is 0 Å². The Kier molecular flexibility index (Phi) is 4.47. The first-order valence-electron chi connectivity index (χ1n) is 7.52. The van der Waals surface area contributed by atoms with E-state index < -0.39 is 35.6 Å². The summed E-state index contributed by atoms with van der Waals surface area (Å²) >= 11 is 0. The summed E-state index contributed by atoms with van der Waals surface area (Å²) in [6.07, 6.45) is -3.14. The molecule has 4 nitrogen and oxygen atoms in total. The Labute approximate surface area is 140 Å². The zero-order chi connectivity index (χ0) is 18.2. The summed E-state index contributed by atoms with van der Waals surface area (Å²) in [6.45, 7) is -0.0454. The Bertz CT molecular complexity index is 794. The lowest BCUT2D eigenvalue weighted by Crippen LogP contribution is -2.32. The minimum atomic E-state index is -4.51. The highest BCUT2D eigenvalue weighted by molar-refractivity contribution is 5.94. The van der Waals surface area contributed by atoms with Gasteiger partial charge in [-0.15, -0.1) is 0 Å². The zero-order valence-corrected chi connectivity index (χ0v) is 12.9. The summed E-state index contributed by atoms with van der Waals surface area (Å²) in [4.78, 5) is 17.4. The monoisotopic (exact) mass is 354 g/mol. The number of aliphatic hydroxyl groups excluding tert-OH is 1. The van der Waals surface area contributed by atoms with Crippen LogP contribution in [0, 0.1) is 5.82 Å². The van der Waals surface area contributed by atoms with E-state index in [1.807, 2.05) is 0 Å². The number of benzene rings is 1. The molecule has 0 spiro atoms. The molecule has 2 atom stereocenters. The third-order valence-corrected chi connectivity index (χ3v) is 4.09. The fraction of sp³-hybridized carbons (Fsp3) is 0.294. The highest BCUT2D eigenvalue weighted by Crippen LogP contribution is 2.36. The molecule has 25 heavy (non-hydrogen) atoms. The lowest BCUT2D eigenvalue weighted by atomic mass is 10.0. The van der Waals surface area contributed by atoms with E-state index in [0.717, 1.165) is 24.4 Å². The molecule has 1 saturated heterocycles. The lowest BCUT2D eigenvalue weighted by molar-refractivity contribution is -0.137. The number of pyridine rings is 1. The topological polar surface area (TPSA) is 53.4 Å². The minimum absolute atomic E-state index is 0.0222. The number of nitrogens with zero attached hydrogens (tertiary/aromatic N) is 2. The maximum Gasteiger partial charge on any atom is 0.416 e. The molecular formula is C17H14F4N2O2. The first-order chi connectivity index (χ1) is 11.8. The van der Waals surface area contributed by atoms with Gasteiger partial charge < -0.3 is 10.0 Å². The van der Waals surface area contributed by atoms with Gasteiger partial charge in [-0.1, -0.05) is 12.1 Å². The third-order valence-electron chi connectivity index (χ3n) is 4.09. The number of aliphatic hydroxyl groups is 1. The molecule has 1 aromatic carbocycles. The molecule has 0 bridgehead atoms. The summed E-state index contributed by atoms with van der Waals surface area (Å²) in [5.74, 6) is -1.29. The molecule has 1 aromatic heterocycles. The standard InChI is InChI=1S/C17H14F4N2O2/c18-13-5-11(7-22-8-13)16(25)23-9-14(24)6-15(23)10-2-1-3-12(4-10)17(19,20)21/h1-5,7-8,14-15,24H,6,9H2/t14-,15-/m0/s1. The number of amides is 1. The van der Waals surface area contributed by atoms with Crippen LogP contribution in [0.3, 0.4) is 0 Å². The van der Waals surface area contributed by atoms with Crippen LogP contribution >= 0.6 is 0 Å². The maximum absolute atomic E-state index is 13.3. The van der Waals surface area contributed by atoms with Gasteiger partial charge in [0.05, 0.1) is 29.5 Å². The molecule has 1 aliphatic rings. The maximum atomic E-state index is 13.3. The van der Waals surface area contributed by atoms with Gasteiger partial charge in [0.25, 0.3) is 5.91 Å². The van der Waals surface area contributed by atoms with Crippen LogP contribution in [-0.4, -0.2) is 33.5 Å². The zero-order valence-electron chi connectivity index (χ0n) is 12.9. The van der Waals surface area contributed by atoms with E-state index in [4.69, 9.17) is 0 Å². The number of β-amino-alcohol motifs (C(OH)–C–C–N with tert-alkyl or cyclic N) is 1. The molecule has 3 rings (SSSR count). The number of likely N-dealkylation sites (tertiary alicyclic amines) is 1. The van der Waals surface area contributed by atoms with Gasteiger partial charge >= 0.3 is 6.18 Å². The number of carbonyl (C=O) groups excluding carboxylic acids is 1. The normalized spacial score (nSPS) is 20.8. The number of hydrogen-bond donors (Lipinski definition) is 1. The molecule has 0 unspecified atom stereocenters. The first kappa shape index (κ1) is 17.3. The smallest absolute Gasteiger partial charge is 0.391 e. The number of hydrogen-bond acceptors (Lipinski definition) is 3. The van der Waals surface area contributed by atoms with Crippen molar-refractivity contribution in [2.45, 2.75) is 24.7 Å². The van der Waals surface area contributed by atoms with E-state index in [0.29, 0.717) is 0 Å². The second kappa shape index (κ2) is 6.44. The molecule has 0 saturated carbocycles. The molecule has 2 heterocycles. The summed E-state index contributed by atoms with van der Waals surface area (Å²) in [7, 11) is 0. The third kappa shape index (κ3) is 3.63. The number of aromatic nitrogens is 1. The summed E-state index contributed by atoms with van der Waals surface area (Å²) in [5.41, 5.74) is -0.582. The highest BCUT2D eigenvalue weighted by atomic mass is 19.4. The largest absolute Gasteiger partial charge is 0.416 e. The van der Waals surface area contributed by atoms with Crippen molar-refractivity contribution in [3.05, 3.63) is 65.2 Å². The van der Waals surface area contributed by atoms with Gasteiger partial charge in [0.1, 0.15) is 5.82 Å². The van der Waals surface area contributed by atoms with Crippen molar-refractivity contribution >= 4 is 5.91 Å². The molecule has 0 aliphatic carbocycles. The van der Waals surface area contributed by atoms with Crippen molar-refractivity contribution in [1.82, 2.24) is 9.88 Å². The molecule has 1 N–H and O–H groups in total. The molecular weight excluding hydrogens is 340 g/mol. The Morgan fingerprint density at radius 3 is 2.68 bits per heavy atom. The predicted molar refractivity (Wildman–Crippen MR) is 80.0 cm³/mol. The van der Waals surface area contributed by atoms with E-state index >= 15 is 0 Å². The number of rotatable bonds is 2. The van der Waals surface area contributed by atoms with E-state index in [-0.39, 0.29) is 24.1 Å². The van der Waals surface area contributed by atoms with Crippen LogP contribution in [0.15, 0.2) is 42.7 Å². The van der Waals surface area contributed by atoms with Gasteiger partial charge in [0.2, 0.25) is 0 Å². The van der Waals surface area contributed by atoms with Gasteiger partial charge in [-0.3, -0.25) is 9.78 Å². The van der Waals surface area contributed by atoms with E-state index in [9.17, 15) is 27.5 Å². The van der Waals surface area contributed by atoms with Crippen LogP contribution in [-0.2, 0) is 6.18 Å². The molecule has 0 radical (unpaired) electrons. The molecule has 132 valence electrons. The first-order valence-corrected chi connectivity index (χ1v) is 7.52. The second-order valence-corrected chi connectivity index (χ2v) is 5.88. The quantitative estimate of drug-likeness (QED) is 0.843. The van der Waals surface area contributed by atoms with Crippen LogP contribution in [0.2, 0.25) is 0 Å². The average Bonchev–Trinajstić information content (AvgIpc) is 2.95. The molecule has 1 fully saturated rings. The Balaban J connectivity index is 1.94. The number of alkyl halides is 3. The van der Waals surface area contributed by atoms with Crippen molar-refractivity contribution in [3.8, 4) is 0 Å². The lowest BCUT2D eigenvalue weighted by Gasteiger charge is -2.25. The highest BCUT2D eigenvalue weighted by Gasteiger charge is 2.37. The van der Waals surface area contributed by atoms with Gasteiger partial charge in [0.15, 0.2) is 0 Å². The Hall–Kier alpha value is -2.48. The van der Waals surface area contributed by atoms with E-state index in [1.54, 1.807) is 0 Å². The van der Waals surface area contributed by atoms with Gasteiger partial charge in [-0.2, -0.15) is 13.2 Å². The van der Waals surface area contributed by atoms with E-state index in [1.165, 1.54) is 23.2 Å². The molecule has 1 aliphatic heterocycles. The van der Waals surface area contributed by atoms with Gasteiger partial charge in [-0.05, 0) is 30.2 Å². The Morgan fingerprint density at radius 1 is 1.24 bits per heavy atom. The van der Waals surface area contributed by atoms with E-state index in [2.05, 4.69) is 4.98 Å². The van der Waals surface area contributed by atoms with Crippen molar-refractivity contribution in [3.63, 3.8) is 0 Å². The van der Waals surface area contributed by atoms with Crippen LogP contribution < -0.4 is 0 Å². The number of halogens is 4. The van der Waals surface area contributed by atoms with Crippen molar-refractivity contribution in [1.29, 1.82) is 0 Å². The summed E-state index contributed by atoms with van der Waals surface area (Å²) in [6, 6.07) is 4.92. The van der Waals surface area contributed by atoms with Crippen molar-refractivity contribution < 1.29 is 27.5 Å². The molecule has 2 aromatic rings.